The normalized spacial score (nSPS) is 13.6. The molecule has 0 radical (unpaired) electrons. The highest BCUT2D eigenvalue weighted by molar-refractivity contribution is 5.93. The molecule has 3 unspecified atom stereocenters. The molecule has 0 aliphatic heterocycles. The van der Waals surface area contributed by atoms with Crippen molar-refractivity contribution in [2.24, 2.45) is 5.92 Å². The van der Waals surface area contributed by atoms with Crippen molar-refractivity contribution in [3.8, 4) is 0 Å². The number of alkyl carbamates (subject to hydrolysis) is 1. The highest BCUT2D eigenvalue weighted by Crippen LogP contribution is 2.27. The molecule has 0 spiro atoms. The van der Waals surface area contributed by atoms with Gasteiger partial charge in [-0.1, -0.05) is 50.1 Å². The van der Waals surface area contributed by atoms with Gasteiger partial charge in [-0.2, -0.15) is 0 Å². The van der Waals surface area contributed by atoms with Crippen LogP contribution in [0.5, 0.6) is 0 Å². The first-order valence-electron chi connectivity index (χ1n) is 12.1. The Morgan fingerprint density at radius 3 is 2.31 bits per heavy atom. The van der Waals surface area contributed by atoms with Crippen LogP contribution in [-0.2, 0) is 23.9 Å². The summed E-state index contributed by atoms with van der Waals surface area (Å²) in [4.78, 5) is 53.1. The Bertz CT molecular complexity index is 953. The van der Waals surface area contributed by atoms with Crippen molar-refractivity contribution in [1.29, 1.82) is 0 Å². The molecule has 9 heteroatoms. The maximum absolute atomic E-state index is 14.0. The van der Waals surface area contributed by atoms with E-state index in [0.29, 0.717) is 12.0 Å². The van der Waals surface area contributed by atoms with Crippen LogP contribution >= 0.6 is 0 Å². The van der Waals surface area contributed by atoms with Crippen LogP contribution in [0.1, 0.15) is 63.8 Å². The minimum absolute atomic E-state index is 0.0331. The fraction of sp³-hybridized carbons (Fsp3) is 0.556. The molecule has 1 aromatic rings. The SMILES string of the molecule is C=CCN(C(=O)C(NC(=O)OC(C)(C)C)C(C)CC)C(C(=O)NCC(=O)OC)c1ccc(C)cc1C. The lowest BCUT2D eigenvalue weighted by atomic mass is 9.93. The number of rotatable bonds is 11. The molecule has 36 heavy (non-hydrogen) atoms. The van der Waals surface area contributed by atoms with E-state index in [4.69, 9.17) is 4.74 Å². The van der Waals surface area contributed by atoms with Gasteiger partial charge in [-0.25, -0.2) is 4.79 Å². The third-order valence-electron chi connectivity index (χ3n) is 5.67. The number of carbonyl (C=O) groups is 4. The quantitative estimate of drug-likeness (QED) is 0.352. The molecule has 0 saturated carbocycles. The summed E-state index contributed by atoms with van der Waals surface area (Å²) in [6.07, 6.45) is 1.39. The van der Waals surface area contributed by atoms with E-state index in [1.165, 1.54) is 18.1 Å². The highest BCUT2D eigenvalue weighted by atomic mass is 16.6. The molecule has 2 N–H and O–H groups in total. The van der Waals surface area contributed by atoms with Crippen LogP contribution in [0.3, 0.4) is 0 Å². The second-order valence-electron chi connectivity index (χ2n) is 9.85. The molecule has 0 saturated heterocycles. The number of carbonyl (C=O) groups excluding carboxylic acids is 4. The van der Waals surface area contributed by atoms with Crippen LogP contribution in [0, 0.1) is 19.8 Å². The van der Waals surface area contributed by atoms with Crippen molar-refractivity contribution in [1.82, 2.24) is 15.5 Å². The van der Waals surface area contributed by atoms with E-state index in [9.17, 15) is 19.2 Å². The van der Waals surface area contributed by atoms with Gasteiger partial charge in [-0.3, -0.25) is 14.4 Å². The first-order valence-corrected chi connectivity index (χ1v) is 12.1. The molecule has 0 aliphatic rings. The van der Waals surface area contributed by atoms with Gasteiger partial charge in [-0.05, 0) is 51.7 Å². The molecule has 1 rings (SSSR count). The largest absolute Gasteiger partial charge is 0.468 e. The maximum Gasteiger partial charge on any atom is 0.408 e. The Hall–Kier alpha value is -3.36. The zero-order valence-corrected chi connectivity index (χ0v) is 22.8. The topological polar surface area (TPSA) is 114 Å². The zero-order chi connectivity index (χ0) is 27.6. The van der Waals surface area contributed by atoms with E-state index in [0.717, 1.165) is 11.1 Å². The monoisotopic (exact) mass is 503 g/mol. The van der Waals surface area contributed by atoms with Gasteiger partial charge in [0.25, 0.3) is 0 Å². The standard InChI is InChI=1S/C27H41N3O6/c1-10-14-30(25(33)22(18(4)11-2)29-26(34)36-27(6,7)8)23(24(32)28-16-21(31)35-9)20-13-12-17(3)15-19(20)5/h10,12-13,15,18,22-23H,1,11,14,16H2,2-9H3,(H,28,32)(H,29,34). The van der Waals surface area contributed by atoms with E-state index in [-0.39, 0.29) is 19.0 Å². The fourth-order valence-corrected chi connectivity index (χ4v) is 3.67. The Morgan fingerprint density at radius 2 is 1.81 bits per heavy atom. The van der Waals surface area contributed by atoms with Crippen LogP contribution < -0.4 is 10.6 Å². The predicted molar refractivity (Wildman–Crippen MR) is 138 cm³/mol. The minimum atomic E-state index is -1.08. The summed E-state index contributed by atoms with van der Waals surface area (Å²) in [5, 5.41) is 5.27. The Balaban J connectivity index is 3.52. The molecule has 0 fully saturated rings. The second kappa shape index (κ2) is 13.7. The van der Waals surface area contributed by atoms with Gasteiger partial charge in [0.1, 0.15) is 24.2 Å². The van der Waals surface area contributed by atoms with E-state index in [1.54, 1.807) is 26.8 Å². The minimum Gasteiger partial charge on any atom is -0.468 e. The van der Waals surface area contributed by atoms with Crippen LogP contribution in [0.25, 0.3) is 0 Å². The van der Waals surface area contributed by atoms with Crippen LogP contribution in [0.4, 0.5) is 4.79 Å². The molecule has 0 aliphatic carbocycles. The van der Waals surface area contributed by atoms with Crippen molar-refractivity contribution in [2.75, 3.05) is 20.2 Å². The first kappa shape index (κ1) is 30.7. The average molecular weight is 504 g/mol. The molecule has 3 atom stereocenters. The van der Waals surface area contributed by atoms with E-state index in [1.807, 2.05) is 39.8 Å². The number of hydrogen-bond donors (Lipinski definition) is 2. The van der Waals surface area contributed by atoms with Crippen molar-refractivity contribution in [3.05, 3.63) is 47.5 Å². The lowest BCUT2D eigenvalue weighted by Gasteiger charge is -2.36. The zero-order valence-electron chi connectivity index (χ0n) is 22.8. The summed E-state index contributed by atoms with van der Waals surface area (Å²) in [6, 6.07) is 3.53. The van der Waals surface area contributed by atoms with Gasteiger partial charge in [0.05, 0.1) is 7.11 Å². The maximum atomic E-state index is 14.0. The molecule has 9 nitrogen and oxygen atoms in total. The van der Waals surface area contributed by atoms with E-state index in [2.05, 4.69) is 21.9 Å². The van der Waals surface area contributed by atoms with Crippen LogP contribution in [0.2, 0.25) is 0 Å². The van der Waals surface area contributed by atoms with Gasteiger partial charge in [0, 0.05) is 6.54 Å². The first-order chi connectivity index (χ1) is 16.7. The van der Waals surface area contributed by atoms with Crippen molar-refractivity contribution >= 4 is 23.9 Å². The molecule has 0 aromatic heterocycles. The molecule has 0 bridgehead atoms. The fourth-order valence-electron chi connectivity index (χ4n) is 3.67. The highest BCUT2D eigenvalue weighted by Gasteiger charge is 2.38. The molecule has 3 amide bonds. The summed E-state index contributed by atoms with van der Waals surface area (Å²) < 4.78 is 10.0. The predicted octanol–water partition coefficient (Wildman–Crippen LogP) is 3.59. The Labute approximate surface area is 214 Å². The lowest BCUT2D eigenvalue weighted by molar-refractivity contribution is -0.144. The van der Waals surface area contributed by atoms with Crippen molar-refractivity contribution < 1.29 is 28.7 Å². The molecule has 200 valence electrons. The van der Waals surface area contributed by atoms with Gasteiger partial charge in [0.15, 0.2) is 0 Å². The summed E-state index contributed by atoms with van der Waals surface area (Å²) in [7, 11) is 1.22. The summed E-state index contributed by atoms with van der Waals surface area (Å²) in [6.45, 7) is 16.2. The third-order valence-corrected chi connectivity index (χ3v) is 5.67. The third kappa shape index (κ3) is 9.02. The summed E-state index contributed by atoms with van der Waals surface area (Å²) >= 11 is 0. The number of esters is 1. The van der Waals surface area contributed by atoms with Crippen LogP contribution in [-0.4, -0.2) is 60.6 Å². The summed E-state index contributed by atoms with van der Waals surface area (Å²) in [5.41, 5.74) is 1.65. The summed E-state index contributed by atoms with van der Waals surface area (Å²) in [5.74, 6) is -1.89. The molecular formula is C27H41N3O6. The number of benzene rings is 1. The van der Waals surface area contributed by atoms with Gasteiger partial charge < -0.3 is 25.0 Å². The smallest absolute Gasteiger partial charge is 0.408 e. The van der Waals surface area contributed by atoms with Crippen molar-refractivity contribution in [2.45, 2.75) is 72.6 Å². The Kier molecular flexibility index (Phi) is 11.6. The number of nitrogens with one attached hydrogen (secondary N) is 2. The Morgan fingerprint density at radius 1 is 1.17 bits per heavy atom. The van der Waals surface area contributed by atoms with Gasteiger partial charge in [0.2, 0.25) is 11.8 Å². The molecular weight excluding hydrogens is 462 g/mol. The number of hydrogen-bond acceptors (Lipinski definition) is 6. The van der Waals surface area contributed by atoms with Gasteiger partial charge in [-0.15, -0.1) is 6.58 Å². The van der Waals surface area contributed by atoms with E-state index < -0.39 is 41.6 Å². The number of methoxy groups -OCH3 is 1. The second-order valence-corrected chi connectivity index (χ2v) is 9.85. The number of ether oxygens (including phenoxy) is 2. The van der Waals surface area contributed by atoms with Crippen LogP contribution in [0.15, 0.2) is 30.9 Å². The van der Waals surface area contributed by atoms with Crippen molar-refractivity contribution in [3.63, 3.8) is 0 Å². The number of aryl methyl sites for hydroxylation is 2. The molecule has 1 aromatic carbocycles. The number of amides is 3. The lowest BCUT2D eigenvalue weighted by Crippen LogP contribution is -2.55. The number of nitrogens with zero attached hydrogens (tertiary/aromatic N) is 1. The average Bonchev–Trinajstić information content (AvgIpc) is 2.79. The van der Waals surface area contributed by atoms with E-state index >= 15 is 0 Å². The van der Waals surface area contributed by atoms with Gasteiger partial charge >= 0.3 is 12.1 Å². The molecule has 0 heterocycles.